The summed E-state index contributed by atoms with van der Waals surface area (Å²) in [5, 5.41) is 15.2. The molecule has 0 spiro atoms. The molecule has 0 bridgehead atoms. The number of benzene rings is 3. The maximum absolute atomic E-state index is 13.3. The number of methoxy groups -OCH3 is 1. The van der Waals surface area contributed by atoms with Crippen LogP contribution in [-0.4, -0.2) is 61.0 Å². The standard InChI is InChI=1S/C28H27F3N6O5S/c1-41-22-11-5-18(6-12-22)17-37-26(33-34-35-37)25-23(21-9-7-19(8-10-21)20-13-15-32-16-14-20)3-2-4-24(25)43(39,40)36-42-27(38)28(29,30)31/h2-12,20,32,36H,13-17H2,1H3. The van der Waals surface area contributed by atoms with E-state index in [0.717, 1.165) is 37.1 Å². The van der Waals surface area contributed by atoms with Crippen molar-refractivity contribution in [2.45, 2.75) is 36.4 Å². The van der Waals surface area contributed by atoms with Gasteiger partial charge >= 0.3 is 12.1 Å². The molecule has 0 amide bonds. The fourth-order valence-corrected chi connectivity index (χ4v) is 5.91. The number of piperidine rings is 1. The number of nitrogens with one attached hydrogen (secondary N) is 2. The zero-order valence-electron chi connectivity index (χ0n) is 22.8. The van der Waals surface area contributed by atoms with Crippen LogP contribution in [0.2, 0.25) is 0 Å². The Kier molecular flexibility index (Phi) is 8.75. The minimum Gasteiger partial charge on any atom is -0.497 e. The summed E-state index contributed by atoms with van der Waals surface area (Å²) in [5.41, 5.74) is 2.93. The van der Waals surface area contributed by atoms with Crippen LogP contribution >= 0.6 is 0 Å². The molecule has 1 aromatic heterocycles. The molecule has 0 aliphatic carbocycles. The van der Waals surface area contributed by atoms with Crippen LogP contribution in [-0.2, 0) is 26.2 Å². The van der Waals surface area contributed by atoms with Gasteiger partial charge in [0.05, 0.1) is 18.6 Å². The number of halogens is 3. The Bertz CT molecular complexity index is 1690. The monoisotopic (exact) mass is 616 g/mol. The van der Waals surface area contributed by atoms with Crippen molar-refractivity contribution in [3.05, 3.63) is 77.9 Å². The summed E-state index contributed by atoms with van der Waals surface area (Å²) in [6.07, 6.45) is -3.44. The van der Waals surface area contributed by atoms with E-state index in [0.29, 0.717) is 22.8 Å². The van der Waals surface area contributed by atoms with E-state index >= 15 is 0 Å². The van der Waals surface area contributed by atoms with E-state index in [2.05, 4.69) is 25.7 Å². The summed E-state index contributed by atoms with van der Waals surface area (Å²) in [5.74, 6) is -1.68. The van der Waals surface area contributed by atoms with Crippen molar-refractivity contribution in [3.63, 3.8) is 0 Å². The van der Waals surface area contributed by atoms with E-state index in [4.69, 9.17) is 4.74 Å². The summed E-state index contributed by atoms with van der Waals surface area (Å²) in [6.45, 7) is 1.96. The van der Waals surface area contributed by atoms with Crippen molar-refractivity contribution in [2.24, 2.45) is 0 Å². The van der Waals surface area contributed by atoms with E-state index in [1.54, 1.807) is 30.3 Å². The van der Waals surface area contributed by atoms with Crippen molar-refractivity contribution in [1.82, 2.24) is 30.4 Å². The summed E-state index contributed by atoms with van der Waals surface area (Å²) in [7, 11) is -3.32. The van der Waals surface area contributed by atoms with Gasteiger partial charge in [-0.2, -0.15) is 13.2 Å². The molecule has 15 heteroatoms. The van der Waals surface area contributed by atoms with Gasteiger partial charge in [0.25, 0.3) is 10.0 Å². The van der Waals surface area contributed by atoms with Gasteiger partial charge in [0.15, 0.2) is 5.82 Å². The fraction of sp³-hybridized carbons (Fsp3) is 0.286. The number of carbonyl (C=O) groups excluding carboxylic acids is 1. The van der Waals surface area contributed by atoms with Crippen LogP contribution in [0.5, 0.6) is 5.75 Å². The lowest BCUT2D eigenvalue weighted by Crippen LogP contribution is -2.34. The number of alkyl halides is 3. The molecule has 0 saturated carbocycles. The number of hydrogen-bond acceptors (Lipinski definition) is 9. The highest BCUT2D eigenvalue weighted by Crippen LogP contribution is 2.37. The van der Waals surface area contributed by atoms with Gasteiger partial charge in [-0.3, -0.25) is 0 Å². The fourth-order valence-electron chi connectivity index (χ4n) is 4.91. The van der Waals surface area contributed by atoms with E-state index in [-0.39, 0.29) is 17.9 Å². The SMILES string of the molecule is COc1ccc(Cn2nnnc2-c2c(-c3ccc(C4CCNCC4)cc3)cccc2S(=O)(=O)NOC(=O)C(F)(F)F)cc1. The van der Waals surface area contributed by atoms with Gasteiger partial charge in [-0.15, -0.1) is 5.10 Å². The first kappa shape index (κ1) is 30.1. The number of carbonyl (C=O) groups is 1. The van der Waals surface area contributed by atoms with E-state index in [1.165, 1.54) is 28.8 Å². The molecule has 43 heavy (non-hydrogen) atoms. The maximum Gasteiger partial charge on any atom is 0.492 e. The Labute approximate surface area is 245 Å². The van der Waals surface area contributed by atoms with Crippen LogP contribution in [0.1, 0.15) is 29.9 Å². The van der Waals surface area contributed by atoms with Gasteiger partial charge in [0, 0.05) is 5.56 Å². The average Bonchev–Trinajstić information content (AvgIpc) is 3.47. The predicted molar refractivity (Wildman–Crippen MR) is 148 cm³/mol. The Hall–Kier alpha value is -4.34. The molecule has 2 N–H and O–H groups in total. The zero-order valence-corrected chi connectivity index (χ0v) is 23.7. The van der Waals surface area contributed by atoms with E-state index in [9.17, 15) is 26.4 Å². The Balaban J connectivity index is 1.58. The second-order valence-electron chi connectivity index (χ2n) is 9.81. The maximum atomic E-state index is 13.3. The third-order valence-electron chi connectivity index (χ3n) is 7.07. The van der Waals surface area contributed by atoms with Crippen LogP contribution in [0.15, 0.2) is 71.6 Å². The summed E-state index contributed by atoms with van der Waals surface area (Å²) < 4.78 is 71.4. The molecule has 11 nitrogen and oxygen atoms in total. The molecule has 0 atom stereocenters. The van der Waals surface area contributed by atoms with Gasteiger partial charge in [-0.1, -0.05) is 48.5 Å². The summed E-state index contributed by atoms with van der Waals surface area (Å²) >= 11 is 0. The number of tetrazole rings is 1. The molecule has 1 aliphatic rings. The minimum absolute atomic E-state index is 0.00573. The summed E-state index contributed by atoms with van der Waals surface area (Å²) in [6, 6.07) is 18.9. The third kappa shape index (κ3) is 6.84. The lowest BCUT2D eigenvalue weighted by atomic mass is 9.89. The minimum atomic E-state index is -5.41. The number of nitrogens with zero attached hydrogens (tertiary/aromatic N) is 4. The van der Waals surface area contributed by atoms with Crippen LogP contribution in [0, 0.1) is 0 Å². The molecule has 5 rings (SSSR count). The average molecular weight is 617 g/mol. The van der Waals surface area contributed by atoms with Crippen LogP contribution < -0.4 is 14.9 Å². The Morgan fingerprint density at radius 1 is 1.05 bits per heavy atom. The first-order chi connectivity index (χ1) is 20.6. The van der Waals surface area contributed by atoms with Crippen molar-refractivity contribution < 1.29 is 36.0 Å². The van der Waals surface area contributed by atoms with Crippen molar-refractivity contribution in [1.29, 1.82) is 0 Å². The highest BCUT2D eigenvalue weighted by molar-refractivity contribution is 7.89. The summed E-state index contributed by atoms with van der Waals surface area (Å²) in [4.78, 5) is 16.0. The molecule has 0 radical (unpaired) electrons. The first-order valence-corrected chi connectivity index (χ1v) is 14.7. The number of hydrogen-bond donors (Lipinski definition) is 2. The lowest BCUT2D eigenvalue weighted by molar-refractivity contribution is -0.203. The molecular formula is C28H27F3N6O5S. The molecule has 3 aromatic carbocycles. The van der Waals surface area contributed by atoms with Crippen molar-refractivity contribution in [2.75, 3.05) is 20.2 Å². The molecule has 1 aliphatic heterocycles. The Morgan fingerprint density at radius 3 is 2.40 bits per heavy atom. The third-order valence-corrected chi connectivity index (χ3v) is 8.29. The van der Waals surface area contributed by atoms with Crippen LogP contribution in [0.3, 0.4) is 0 Å². The van der Waals surface area contributed by atoms with E-state index < -0.39 is 27.1 Å². The Morgan fingerprint density at radius 2 is 1.74 bits per heavy atom. The highest BCUT2D eigenvalue weighted by atomic mass is 32.2. The van der Waals surface area contributed by atoms with E-state index in [1.807, 2.05) is 24.3 Å². The molecule has 1 fully saturated rings. The van der Waals surface area contributed by atoms with Crippen LogP contribution in [0.4, 0.5) is 13.2 Å². The molecule has 4 aromatic rings. The molecule has 1 saturated heterocycles. The second-order valence-corrected chi connectivity index (χ2v) is 11.4. The van der Waals surface area contributed by atoms with Gasteiger partial charge in [0.2, 0.25) is 0 Å². The second kappa shape index (κ2) is 12.5. The van der Waals surface area contributed by atoms with Crippen molar-refractivity contribution in [3.8, 4) is 28.3 Å². The van der Waals surface area contributed by atoms with Gasteiger partial charge in [-0.05, 0) is 87.6 Å². The number of aromatic nitrogens is 4. The molecule has 0 unspecified atom stereocenters. The zero-order chi connectivity index (χ0) is 30.6. The topological polar surface area (TPSA) is 137 Å². The highest BCUT2D eigenvalue weighted by Gasteiger charge is 2.42. The van der Waals surface area contributed by atoms with Gasteiger partial charge in [-0.25, -0.2) is 17.9 Å². The number of ether oxygens (including phenoxy) is 1. The lowest BCUT2D eigenvalue weighted by Gasteiger charge is -2.23. The van der Waals surface area contributed by atoms with Gasteiger partial charge in [0.1, 0.15) is 5.75 Å². The first-order valence-electron chi connectivity index (χ1n) is 13.2. The van der Waals surface area contributed by atoms with Gasteiger partial charge < -0.3 is 14.9 Å². The van der Waals surface area contributed by atoms with Crippen molar-refractivity contribution >= 4 is 16.0 Å². The predicted octanol–water partition coefficient (Wildman–Crippen LogP) is 3.83. The smallest absolute Gasteiger partial charge is 0.492 e. The normalized spacial score (nSPS) is 14.4. The molecule has 226 valence electrons. The number of rotatable bonds is 9. The molecule has 2 heterocycles. The van der Waals surface area contributed by atoms with Crippen LogP contribution in [0.25, 0.3) is 22.5 Å². The number of sulfonamides is 1. The largest absolute Gasteiger partial charge is 0.497 e. The quantitative estimate of drug-likeness (QED) is 0.269. The molecular weight excluding hydrogens is 589 g/mol.